The average molecular weight is 342 g/mol. The van der Waals surface area contributed by atoms with Crippen LogP contribution >= 0.6 is 0 Å². The maximum atomic E-state index is 12.6. The van der Waals surface area contributed by atoms with Crippen molar-refractivity contribution in [2.24, 2.45) is 0 Å². The number of hydrogen-bond donors (Lipinski definition) is 0. The Morgan fingerprint density at radius 2 is 1.76 bits per heavy atom. The maximum Gasteiger partial charge on any atom is 0.313 e. The van der Waals surface area contributed by atoms with E-state index in [0.717, 1.165) is 0 Å². The van der Waals surface area contributed by atoms with E-state index in [0.29, 0.717) is 28.4 Å². The number of benzene rings is 2. The molecule has 1 aliphatic rings. The molecule has 0 aliphatic carbocycles. The molecule has 130 valence electrons. The van der Waals surface area contributed by atoms with E-state index in [1.165, 1.54) is 7.11 Å². The maximum absolute atomic E-state index is 12.6. The van der Waals surface area contributed by atoms with Gasteiger partial charge in [0.1, 0.15) is 5.75 Å². The summed E-state index contributed by atoms with van der Waals surface area (Å²) in [5.41, 5.74) is 1.16. The van der Waals surface area contributed by atoms with Crippen molar-refractivity contribution in [3.63, 3.8) is 0 Å². The number of ketones is 1. The molecule has 2 aromatic rings. The van der Waals surface area contributed by atoms with Crippen molar-refractivity contribution >= 4 is 11.8 Å². The van der Waals surface area contributed by atoms with Gasteiger partial charge in [-0.25, -0.2) is 0 Å². The number of fused-ring (bicyclic) bond motifs is 1. The normalized spacial score (nSPS) is 13.2. The highest BCUT2D eigenvalue weighted by Gasteiger charge is 2.27. The lowest BCUT2D eigenvalue weighted by Gasteiger charge is -2.15. The summed E-state index contributed by atoms with van der Waals surface area (Å²) in [7, 11) is 2.86. The molecule has 0 aromatic heterocycles. The quantitative estimate of drug-likeness (QED) is 0.594. The van der Waals surface area contributed by atoms with Gasteiger partial charge in [-0.3, -0.25) is 9.59 Å². The largest absolute Gasteiger partial charge is 0.497 e. The molecule has 1 atom stereocenters. The SMILES string of the molecule is COC(=O)C(CC(=O)c1ccc(OC)cc1)c1ccc2c(c1)OCO2. The number of rotatable bonds is 6. The van der Waals surface area contributed by atoms with E-state index < -0.39 is 11.9 Å². The van der Waals surface area contributed by atoms with Crippen molar-refractivity contribution in [2.75, 3.05) is 21.0 Å². The first-order chi connectivity index (χ1) is 12.1. The summed E-state index contributed by atoms with van der Waals surface area (Å²) in [5.74, 6) is 0.500. The molecule has 6 heteroatoms. The van der Waals surface area contributed by atoms with Gasteiger partial charge in [0, 0.05) is 12.0 Å². The fraction of sp³-hybridized carbons (Fsp3) is 0.263. The zero-order valence-corrected chi connectivity index (χ0v) is 14.0. The summed E-state index contributed by atoms with van der Waals surface area (Å²) >= 11 is 0. The van der Waals surface area contributed by atoms with Gasteiger partial charge < -0.3 is 18.9 Å². The van der Waals surface area contributed by atoms with Crippen molar-refractivity contribution < 1.29 is 28.5 Å². The molecule has 0 saturated heterocycles. The lowest BCUT2D eigenvalue weighted by Crippen LogP contribution is -2.18. The molecule has 0 radical (unpaired) electrons. The van der Waals surface area contributed by atoms with Gasteiger partial charge in [0.25, 0.3) is 0 Å². The molecule has 0 fully saturated rings. The minimum atomic E-state index is -0.714. The lowest BCUT2D eigenvalue weighted by atomic mass is 9.91. The Hall–Kier alpha value is -3.02. The van der Waals surface area contributed by atoms with E-state index in [1.807, 2.05) is 0 Å². The highest BCUT2D eigenvalue weighted by Crippen LogP contribution is 2.36. The molecule has 0 spiro atoms. The monoisotopic (exact) mass is 342 g/mol. The van der Waals surface area contributed by atoms with Gasteiger partial charge in [-0.05, 0) is 42.0 Å². The molecule has 0 amide bonds. The number of methoxy groups -OCH3 is 2. The zero-order chi connectivity index (χ0) is 17.8. The third-order valence-electron chi connectivity index (χ3n) is 4.09. The predicted octanol–water partition coefficient (Wildman–Crippen LogP) is 2.95. The summed E-state index contributed by atoms with van der Waals surface area (Å²) < 4.78 is 20.6. The molecule has 1 unspecified atom stereocenters. The first-order valence-corrected chi connectivity index (χ1v) is 7.77. The van der Waals surface area contributed by atoms with Crippen LogP contribution in [0.2, 0.25) is 0 Å². The molecule has 1 heterocycles. The second-order valence-electron chi connectivity index (χ2n) is 5.54. The molecule has 0 saturated carbocycles. The fourth-order valence-corrected chi connectivity index (χ4v) is 2.69. The van der Waals surface area contributed by atoms with E-state index in [1.54, 1.807) is 49.6 Å². The number of Topliss-reactive ketones (excluding diaryl/α,β-unsaturated/α-hetero) is 1. The molecule has 0 bridgehead atoms. The van der Waals surface area contributed by atoms with E-state index >= 15 is 0 Å². The van der Waals surface area contributed by atoms with Gasteiger partial charge >= 0.3 is 5.97 Å². The van der Waals surface area contributed by atoms with E-state index in [4.69, 9.17) is 18.9 Å². The van der Waals surface area contributed by atoms with Gasteiger partial charge in [0.15, 0.2) is 17.3 Å². The first-order valence-electron chi connectivity index (χ1n) is 7.77. The highest BCUT2D eigenvalue weighted by atomic mass is 16.7. The number of carbonyl (C=O) groups excluding carboxylic acids is 2. The van der Waals surface area contributed by atoms with Crippen LogP contribution in [0.15, 0.2) is 42.5 Å². The van der Waals surface area contributed by atoms with Crippen molar-refractivity contribution in [3.8, 4) is 17.2 Å². The van der Waals surface area contributed by atoms with Gasteiger partial charge in [-0.2, -0.15) is 0 Å². The third kappa shape index (κ3) is 3.57. The Morgan fingerprint density at radius 3 is 2.44 bits per heavy atom. The minimum Gasteiger partial charge on any atom is -0.497 e. The number of ether oxygens (including phenoxy) is 4. The van der Waals surface area contributed by atoms with Crippen LogP contribution in [0.5, 0.6) is 17.2 Å². The van der Waals surface area contributed by atoms with Crippen LogP contribution in [0, 0.1) is 0 Å². The summed E-state index contributed by atoms with van der Waals surface area (Å²) in [6.45, 7) is 0.145. The number of hydrogen-bond acceptors (Lipinski definition) is 6. The predicted molar refractivity (Wildman–Crippen MR) is 89.3 cm³/mol. The second kappa shape index (κ2) is 7.25. The molecule has 1 aliphatic heterocycles. The van der Waals surface area contributed by atoms with Crippen LogP contribution in [0.3, 0.4) is 0 Å². The van der Waals surface area contributed by atoms with Crippen LogP contribution in [0.1, 0.15) is 28.3 Å². The van der Waals surface area contributed by atoms with Crippen LogP contribution in [-0.2, 0) is 9.53 Å². The van der Waals surface area contributed by atoms with Gasteiger partial charge in [0.05, 0.1) is 20.1 Å². The Labute approximate surface area is 145 Å². The van der Waals surface area contributed by atoms with Crippen molar-refractivity contribution in [2.45, 2.75) is 12.3 Å². The van der Waals surface area contributed by atoms with Crippen LogP contribution < -0.4 is 14.2 Å². The Bertz CT molecular complexity index is 781. The van der Waals surface area contributed by atoms with Crippen molar-refractivity contribution in [1.82, 2.24) is 0 Å². The van der Waals surface area contributed by atoms with E-state index in [2.05, 4.69) is 0 Å². The lowest BCUT2D eigenvalue weighted by molar-refractivity contribution is -0.142. The first kappa shape index (κ1) is 16.8. The summed E-state index contributed by atoms with van der Waals surface area (Å²) in [6.07, 6.45) is -0.00134. The van der Waals surface area contributed by atoms with E-state index in [-0.39, 0.29) is 19.0 Å². The fourth-order valence-electron chi connectivity index (χ4n) is 2.69. The molecule has 0 N–H and O–H groups in total. The Morgan fingerprint density at radius 1 is 1.04 bits per heavy atom. The molecule has 2 aromatic carbocycles. The highest BCUT2D eigenvalue weighted by molar-refractivity contribution is 5.99. The van der Waals surface area contributed by atoms with Gasteiger partial charge in [-0.1, -0.05) is 6.07 Å². The standard InChI is InChI=1S/C19H18O6/c1-22-14-6-3-12(4-7-14)16(20)10-15(19(21)23-2)13-5-8-17-18(9-13)25-11-24-17/h3-9,15H,10-11H2,1-2H3. The third-order valence-corrected chi connectivity index (χ3v) is 4.09. The topological polar surface area (TPSA) is 71.1 Å². The van der Waals surface area contributed by atoms with Crippen LogP contribution in [0.4, 0.5) is 0 Å². The zero-order valence-electron chi connectivity index (χ0n) is 14.0. The van der Waals surface area contributed by atoms with Gasteiger partial charge in [0.2, 0.25) is 6.79 Å². The van der Waals surface area contributed by atoms with Crippen molar-refractivity contribution in [3.05, 3.63) is 53.6 Å². The molecule has 6 nitrogen and oxygen atoms in total. The summed E-state index contributed by atoms with van der Waals surface area (Å²) in [6, 6.07) is 12.0. The summed E-state index contributed by atoms with van der Waals surface area (Å²) in [4.78, 5) is 24.8. The average Bonchev–Trinajstić information content (AvgIpc) is 3.13. The van der Waals surface area contributed by atoms with E-state index in [9.17, 15) is 9.59 Å². The van der Waals surface area contributed by atoms with Gasteiger partial charge in [-0.15, -0.1) is 0 Å². The van der Waals surface area contributed by atoms with Crippen LogP contribution in [0.25, 0.3) is 0 Å². The van der Waals surface area contributed by atoms with Crippen LogP contribution in [-0.4, -0.2) is 32.8 Å². The minimum absolute atomic E-state index is 0.00134. The Balaban J connectivity index is 1.83. The smallest absolute Gasteiger partial charge is 0.313 e. The molecular formula is C19H18O6. The molecule has 25 heavy (non-hydrogen) atoms. The second-order valence-corrected chi connectivity index (χ2v) is 5.54. The molecular weight excluding hydrogens is 324 g/mol. The van der Waals surface area contributed by atoms with Crippen molar-refractivity contribution in [1.29, 1.82) is 0 Å². The summed E-state index contributed by atoms with van der Waals surface area (Å²) in [5, 5.41) is 0. The molecule has 3 rings (SSSR count). The number of esters is 1. The number of carbonyl (C=O) groups is 2. The Kier molecular flexibility index (Phi) is 4.88.